The zero-order valence-electron chi connectivity index (χ0n) is 10.7. The molecule has 1 fully saturated rings. The van der Waals surface area contributed by atoms with Crippen LogP contribution in [0.3, 0.4) is 0 Å². The molecule has 3 nitrogen and oxygen atoms in total. The molecule has 0 amide bonds. The van der Waals surface area contributed by atoms with E-state index in [0.717, 1.165) is 19.0 Å². The molecule has 3 heteroatoms. The molecular formula is C14H23N3. The number of piperidine rings is 1. The predicted molar refractivity (Wildman–Crippen MR) is 70.6 cm³/mol. The fraction of sp³-hybridized carbons (Fsp3) is 0.643. The first-order valence-corrected chi connectivity index (χ1v) is 6.61. The number of pyridine rings is 1. The number of aromatic nitrogens is 1. The number of nitrogens with zero attached hydrogens (tertiary/aromatic N) is 2. The Hall–Kier alpha value is -0.930. The fourth-order valence-corrected chi connectivity index (χ4v) is 2.73. The van der Waals surface area contributed by atoms with E-state index < -0.39 is 0 Å². The molecule has 2 rings (SSSR count). The maximum Gasteiger partial charge on any atom is 0.0313 e. The Bertz CT molecular complexity index is 349. The summed E-state index contributed by atoms with van der Waals surface area (Å²) in [6.07, 6.45) is 7.72. The topological polar surface area (TPSA) is 42.2 Å². The normalized spacial score (nSPS) is 21.6. The summed E-state index contributed by atoms with van der Waals surface area (Å²) in [5.74, 6) is 0.798. The van der Waals surface area contributed by atoms with Gasteiger partial charge in [-0.2, -0.15) is 0 Å². The second-order valence-electron chi connectivity index (χ2n) is 5.19. The third-order valence-corrected chi connectivity index (χ3v) is 3.52. The van der Waals surface area contributed by atoms with E-state index in [4.69, 9.17) is 5.73 Å². The monoisotopic (exact) mass is 233 g/mol. The van der Waals surface area contributed by atoms with Gasteiger partial charge in [-0.3, -0.25) is 9.88 Å². The van der Waals surface area contributed by atoms with Crippen LogP contribution in [0, 0.1) is 12.8 Å². The number of hydrogen-bond acceptors (Lipinski definition) is 3. The van der Waals surface area contributed by atoms with Crippen molar-refractivity contribution in [3.63, 3.8) is 0 Å². The summed E-state index contributed by atoms with van der Waals surface area (Å²) in [4.78, 5) is 6.80. The van der Waals surface area contributed by atoms with Gasteiger partial charge in [0.05, 0.1) is 0 Å². The Morgan fingerprint density at radius 1 is 1.47 bits per heavy atom. The average molecular weight is 233 g/mol. The highest BCUT2D eigenvalue weighted by Crippen LogP contribution is 2.20. The summed E-state index contributed by atoms with van der Waals surface area (Å²) in [5, 5.41) is 0. The van der Waals surface area contributed by atoms with Crippen molar-refractivity contribution in [2.75, 3.05) is 19.6 Å². The predicted octanol–water partition coefficient (Wildman–Crippen LogP) is 1.95. The first-order valence-electron chi connectivity index (χ1n) is 6.61. The summed E-state index contributed by atoms with van der Waals surface area (Å²) in [6, 6.07) is 2.24. The molecule has 1 aromatic heterocycles. The van der Waals surface area contributed by atoms with E-state index in [2.05, 4.69) is 22.9 Å². The van der Waals surface area contributed by atoms with Gasteiger partial charge < -0.3 is 5.73 Å². The van der Waals surface area contributed by atoms with Crippen LogP contribution in [-0.4, -0.2) is 29.5 Å². The van der Waals surface area contributed by atoms with Crippen molar-refractivity contribution in [2.45, 2.75) is 32.7 Å². The van der Waals surface area contributed by atoms with Crippen LogP contribution in [0.25, 0.3) is 0 Å². The average Bonchev–Trinajstić information content (AvgIpc) is 2.30. The van der Waals surface area contributed by atoms with Gasteiger partial charge in [-0.25, -0.2) is 0 Å². The number of likely N-dealkylation sites (tertiary alicyclic amines) is 1. The first kappa shape index (κ1) is 12.5. The van der Waals surface area contributed by atoms with Gasteiger partial charge in [-0.15, -0.1) is 0 Å². The van der Waals surface area contributed by atoms with Crippen LogP contribution in [0.15, 0.2) is 18.5 Å². The lowest BCUT2D eigenvalue weighted by atomic mass is 9.94. The van der Waals surface area contributed by atoms with E-state index in [1.54, 1.807) is 0 Å². The van der Waals surface area contributed by atoms with Crippen molar-refractivity contribution in [3.05, 3.63) is 29.6 Å². The van der Waals surface area contributed by atoms with Gasteiger partial charge in [-0.1, -0.05) is 6.07 Å². The molecule has 0 radical (unpaired) electrons. The van der Waals surface area contributed by atoms with E-state index in [-0.39, 0.29) is 0 Å². The molecule has 0 aromatic carbocycles. The molecule has 2 N–H and O–H groups in total. The molecule has 1 saturated heterocycles. The molecule has 0 spiro atoms. The third-order valence-electron chi connectivity index (χ3n) is 3.52. The Morgan fingerprint density at radius 3 is 3.12 bits per heavy atom. The molecular weight excluding hydrogens is 210 g/mol. The van der Waals surface area contributed by atoms with Crippen molar-refractivity contribution < 1.29 is 0 Å². The van der Waals surface area contributed by atoms with Crippen molar-refractivity contribution >= 4 is 0 Å². The minimum absolute atomic E-state index is 0.798. The second-order valence-corrected chi connectivity index (χ2v) is 5.19. The minimum Gasteiger partial charge on any atom is -0.330 e. The van der Waals surface area contributed by atoms with Crippen LogP contribution >= 0.6 is 0 Å². The van der Waals surface area contributed by atoms with E-state index in [1.165, 1.54) is 43.5 Å². The maximum atomic E-state index is 5.65. The third kappa shape index (κ3) is 3.79. The molecule has 1 aromatic rings. The van der Waals surface area contributed by atoms with Crippen LogP contribution in [0.1, 0.15) is 30.4 Å². The molecule has 0 aliphatic carbocycles. The Labute approximate surface area is 104 Å². The molecule has 2 heterocycles. The van der Waals surface area contributed by atoms with Gasteiger partial charge in [0.1, 0.15) is 0 Å². The molecule has 1 aliphatic rings. The van der Waals surface area contributed by atoms with Crippen LogP contribution in [0.4, 0.5) is 0 Å². The largest absolute Gasteiger partial charge is 0.330 e. The van der Waals surface area contributed by atoms with E-state index in [1.807, 2.05) is 12.4 Å². The molecule has 1 atom stereocenters. The SMILES string of the molecule is Cc1cncc(CN2CCCC(CCN)C2)c1. The summed E-state index contributed by atoms with van der Waals surface area (Å²) in [6.45, 7) is 6.38. The Kier molecular flexibility index (Phi) is 4.51. The first-order chi connectivity index (χ1) is 8.28. The smallest absolute Gasteiger partial charge is 0.0313 e. The number of rotatable bonds is 4. The van der Waals surface area contributed by atoms with Gasteiger partial charge in [-0.05, 0) is 56.3 Å². The van der Waals surface area contributed by atoms with Crippen molar-refractivity contribution in [3.8, 4) is 0 Å². The van der Waals surface area contributed by atoms with Gasteiger partial charge >= 0.3 is 0 Å². The van der Waals surface area contributed by atoms with Gasteiger partial charge in [0.25, 0.3) is 0 Å². The highest BCUT2D eigenvalue weighted by atomic mass is 15.1. The number of hydrogen-bond donors (Lipinski definition) is 1. The summed E-state index contributed by atoms with van der Waals surface area (Å²) < 4.78 is 0. The molecule has 1 unspecified atom stereocenters. The number of aryl methyl sites for hydroxylation is 1. The number of nitrogens with two attached hydrogens (primary N) is 1. The van der Waals surface area contributed by atoms with Gasteiger partial charge in [0.2, 0.25) is 0 Å². The van der Waals surface area contributed by atoms with Crippen molar-refractivity contribution in [2.24, 2.45) is 11.7 Å². The van der Waals surface area contributed by atoms with Gasteiger partial charge in [0.15, 0.2) is 0 Å². The Balaban J connectivity index is 1.90. The Morgan fingerprint density at radius 2 is 2.35 bits per heavy atom. The molecule has 0 bridgehead atoms. The van der Waals surface area contributed by atoms with Crippen LogP contribution in [0.2, 0.25) is 0 Å². The minimum atomic E-state index is 0.798. The lowest BCUT2D eigenvalue weighted by Crippen LogP contribution is -2.35. The van der Waals surface area contributed by atoms with E-state index >= 15 is 0 Å². The standard InChI is InChI=1S/C14H23N3/c1-12-7-14(9-16-8-12)11-17-6-2-3-13(10-17)4-5-15/h7-9,13H,2-6,10-11,15H2,1H3. The summed E-state index contributed by atoms with van der Waals surface area (Å²) >= 11 is 0. The molecule has 94 valence electrons. The van der Waals surface area contributed by atoms with Gasteiger partial charge in [0, 0.05) is 25.5 Å². The summed E-state index contributed by atoms with van der Waals surface area (Å²) in [7, 11) is 0. The highest BCUT2D eigenvalue weighted by Gasteiger charge is 2.19. The molecule has 0 saturated carbocycles. The van der Waals surface area contributed by atoms with Crippen LogP contribution in [0.5, 0.6) is 0 Å². The maximum absolute atomic E-state index is 5.65. The molecule has 1 aliphatic heterocycles. The fourth-order valence-electron chi connectivity index (χ4n) is 2.73. The van der Waals surface area contributed by atoms with Crippen LogP contribution < -0.4 is 5.73 Å². The highest BCUT2D eigenvalue weighted by molar-refractivity contribution is 5.16. The summed E-state index contributed by atoms with van der Waals surface area (Å²) in [5.41, 5.74) is 8.23. The lowest BCUT2D eigenvalue weighted by molar-refractivity contribution is 0.163. The second kappa shape index (κ2) is 6.12. The van der Waals surface area contributed by atoms with E-state index in [0.29, 0.717) is 0 Å². The quantitative estimate of drug-likeness (QED) is 0.864. The zero-order chi connectivity index (χ0) is 12.1. The lowest BCUT2D eigenvalue weighted by Gasteiger charge is -2.32. The molecule has 17 heavy (non-hydrogen) atoms. The van der Waals surface area contributed by atoms with Crippen molar-refractivity contribution in [1.82, 2.24) is 9.88 Å². The van der Waals surface area contributed by atoms with E-state index in [9.17, 15) is 0 Å². The van der Waals surface area contributed by atoms with Crippen molar-refractivity contribution in [1.29, 1.82) is 0 Å². The zero-order valence-corrected chi connectivity index (χ0v) is 10.7. The van der Waals surface area contributed by atoms with Crippen LogP contribution in [-0.2, 0) is 6.54 Å².